The van der Waals surface area contributed by atoms with Crippen molar-refractivity contribution in [2.24, 2.45) is 0 Å². The van der Waals surface area contributed by atoms with Crippen molar-refractivity contribution in [2.75, 3.05) is 61.3 Å². The van der Waals surface area contributed by atoms with E-state index >= 15 is 0 Å². The maximum Gasteiger partial charge on any atom is 0.330 e. The lowest BCUT2D eigenvalue weighted by molar-refractivity contribution is -0.151. The predicted octanol–water partition coefficient (Wildman–Crippen LogP) is 4.56. The second-order valence-corrected chi connectivity index (χ2v) is 14.4. The van der Waals surface area contributed by atoms with Crippen molar-refractivity contribution in [3.8, 4) is 0 Å². The summed E-state index contributed by atoms with van der Waals surface area (Å²) in [5.74, 6) is 1.15. The Morgan fingerprint density at radius 2 is 1.23 bits per heavy atom. The fourth-order valence-corrected chi connectivity index (χ4v) is 9.21. The Morgan fingerprint density at radius 1 is 0.775 bits per heavy atom. The molecule has 0 spiro atoms. The monoisotopic (exact) mass is 630 g/mol. The van der Waals surface area contributed by atoms with E-state index in [1.807, 2.05) is 71.3 Å². The highest BCUT2D eigenvalue weighted by Gasteiger charge is 2.20. The third kappa shape index (κ3) is 13.7. The summed E-state index contributed by atoms with van der Waals surface area (Å²) in [6, 6.07) is 7.85. The van der Waals surface area contributed by atoms with Gasteiger partial charge in [-0.25, -0.2) is 9.59 Å². The number of thioether (sulfide) groups is 4. The van der Waals surface area contributed by atoms with Crippen molar-refractivity contribution in [1.29, 1.82) is 0 Å². The van der Waals surface area contributed by atoms with Crippen LogP contribution in [0.5, 0.6) is 0 Å². The van der Waals surface area contributed by atoms with Gasteiger partial charge >= 0.3 is 11.9 Å². The topological polar surface area (TPSA) is 89.5 Å². The van der Waals surface area contributed by atoms with Crippen LogP contribution in [0.4, 0.5) is 0 Å². The quantitative estimate of drug-likeness (QED) is 0.149. The second-order valence-electron chi connectivity index (χ2n) is 9.01. The van der Waals surface area contributed by atoms with Gasteiger partial charge in [-0.1, -0.05) is 37.4 Å². The van der Waals surface area contributed by atoms with Crippen LogP contribution in [-0.2, 0) is 51.2 Å². The fourth-order valence-electron chi connectivity index (χ4n) is 3.68. The van der Waals surface area contributed by atoms with E-state index in [4.69, 9.17) is 28.4 Å². The number of benzene rings is 1. The highest BCUT2D eigenvalue weighted by molar-refractivity contribution is 8.19. The van der Waals surface area contributed by atoms with Crippen molar-refractivity contribution >= 4 is 59.0 Å². The lowest BCUT2D eigenvalue weighted by atomic mass is 10.1. The number of carbonyl (C=O) groups is 2. The van der Waals surface area contributed by atoms with E-state index in [0.717, 1.165) is 45.0 Å². The Kier molecular flexibility index (Phi) is 16.6. The van der Waals surface area contributed by atoms with Gasteiger partial charge in [0.1, 0.15) is 12.2 Å². The van der Waals surface area contributed by atoms with Crippen molar-refractivity contribution < 1.29 is 38.0 Å². The molecule has 0 amide bonds. The number of rotatable bonds is 20. The average Bonchev–Trinajstić information content (AvgIpc) is 3.68. The maximum atomic E-state index is 11.7. The first-order valence-corrected chi connectivity index (χ1v) is 17.4. The molecule has 0 aliphatic carbocycles. The molecule has 2 heterocycles. The first-order chi connectivity index (χ1) is 19.6. The van der Waals surface area contributed by atoms with Crippen LogP contribution in [0.25, 0.3) is 0 Å². The molecule has 1 aromatic rings. The molecule has 0 saturated carbocycles. The number of ether oxygens (including phenoxy) is 6. The summed E-state index contributed by atoms with van der Waals surface area (Å²) in [7, 11) is 0. The molecular formula is C28H38O8S4. The van der Waals surface area contributed by atoms with Crippen LogP contribution in [0.3, 0.4) is 0 Å². The van der Waals surface area contributed by atoms with Gasteiger partial charge in [0.15, 0.2) is 0 Å². The zero-order chi connectivity index (χ0) is 28.4. The van der Waals surface area contributed by atoms with Gasteiger partial charge in [0.25, 0.3) is 0 Å². The molecule has 0 N–H and O–H groups in total. The van der Waals surface area contributed by atoms with Crippen LogP contribution in [-0.4, -0.2) is 96.0 Å². The van der Waals surface area contributed by atoms with E-state index in [-0.39, 0.29) is 26.4 Å². The normalized spacial score (nSPS) is 20.1. The molecule has 0 bridgehead atoms. The van der Waals surface area contributed by atoms with E-state index in [1.165, 1.54) is 0 Å². The Hall–Kier alpha value is -1.12. The standard InChI is InChI=1S/C28H38O8S4/c1-3-27(29)35-23(13-33-15-25-17-37-19-39-25)11-31-9-21-6-5-7-22(8-21)10-32-12-24(36-28(30)4-2)14-34-16-26-18-38-20-40-26/h3-8,23-26H,1-2,9-20H2. The highest BCUT2D eigenvalue weighted by Crippen LogP contribution is 2.30. The van der Waals surface area contributed by atoms with Gasteiger partial charge in [-0.3, -0.25) is 0 Å². The molecule has 12 heteroatoms. The summed E-state index contributed by atoms with van der Waals surface area (Å²) in [6.07, 6.45) is 1.25. The molecule has 1 aromatic carbocycles. The Labute approximate surface area is 254 Å². The number of carbonyl (C=O) groups excluding carboxylic acids is 2. The van der Waals surface area contributed by atoms with E-state index in [0.29, 0.717) is 36.9 Å². The smallest absolute Gasteiger partial charge is 0.330 e. The molecule has 2 fully saturated rings. The summed E-state index contributed by atoms with van der Waals surface area (Å²) in [5, 5.41) is 3.12. The lowest BCUT2D eigenvalue weighted by Crippen LogP contribution is -2.29. The van der Waals surface area contributed by atoms with Gasteiger partial charge in [-0.05, 0) is 11.1 Å². The van der Waals surface area contributed by atoms with E-state index < -0.39 is 24.1 Å². The third-order valence-corrected chi connectivity index (χ3v) is 11.3. The van der Waals surface area contributed by atoms with Crippen molar-refractivity contribution in [1.82, 2.24) is 0 Å². The minimum Gasteiger partial charge on any atom is -0.454 e. The van der Waals surface area contributed by atoms with Gasteiger partial charge in [0.05, 0.1) is 52.9 Å². The molecule has 0 radical (unpaired) electrons. The summed E-state index contributed by atoms with van der Waals surface area (Å²) in [5.41, 5.74) is 1.92. The number of esters is 2. The van der Waals surface area contributed by atoms with Crippen molar-refractivity contribution in [3.05, 3.63) is 60.7 Å². The molecule has 2 aliphatic heterocycles. The van der Waals surface area contributed by atoms with E-state index in [1.54, 1.807) is 0 Å². The first-order valence-electron chi connectivity index (χ1n) is 13.0. The first kappa shape index (κ1) is 33.4. The van der Waals surface area contributed by atoms with Crippen LogP contribution in [0.1, 0.15) is 11.1 Å². The van der Waals surface area contributed by atoms with Gasteiger partial charge in [-0.2, -0.15) is 0 Å². The zero-order valence-corrected chi connectivity index (χ0v) is 25.8. The molecule has 4 atom stereocenters. The summed E-state index contributed by atoms with van der Waals surface area (Å²) in [6.45, 7) is 9.84. The second kappa shape index (κ2) is 19.9. The van der Waals surface area contributed by atoms with E-state index in [2.05, 4.69) is 13.2 Å². The maximum absolute atomic E-state index is 11.7. The highest BCUT2D eigenvalue weighted by atomic mass is 32.2. The molecular weight excluding hydrogens is 593 g/mol. The Bertz CT molecular complexity index is 852. The average molecular weight is 631 g/mol. The molecule has 8 nitrogen and oxygen atoms in total. The van der Waals surface area contributed by atoms with E-state index in [9.17, 15) is 9.59 Å². The molecule has 40 heavy (non-hydrogen) atoms. The van der Waals surface area contributed by atoms with Crippen LogP contribution in [0.15, 0.2) is 49.6 Å². The molecule has 2 aliphatic rings. The summed E-state index contributed by atoms with van der Waals surface area (Å²) < 4.78 is 34.1. The van der Waals surface area contributed by atoms with Gasteiger partial charge in [0, 0.05) is 44.3 Å². The molecule has 2 saturated heterocycles. The molecule has 222 valence electrons. The number of hydrogen-bond donors (Lipinski definition) is 0. The van der Waals surface area contributed by atoms with Gasteiger partial charge in [0.2, 0.25) is 0 Å². The van der Waals surface area contributed by atoms with Crippen molar-refractivity contribution in [2.45, 2.75) is 35.9 Å². The number of hydrogen-bond acceptors (Lipinski definition) is 12. The van der Waals surface area contributed by atoms with Crippen LogP contribution >= 0.6 is 47.0 Å². The van der Waals surface area contributed by atoms with Crippen molar-refractivity contribution in [3.63, 3.8) is 0 Å². The summed E-state index contributed by atoms with van der Waals surface area (Å²) in [4.78, 5) is 23.5. The van der Waals surface area contributed by atoms with Crippen LogP contribution < -0.4 is 0 Å². The molecule has 4 unspecified atom stereocenters. The van der Waals surface area contributed by atoms with Crippen LogP contribution in [0.2, 0.25) is 0 Å². The minimum atomic E-state index is -0.514. The Morgan fingerprint density at radius 3 is 1.62 bits per heavy atom. The summed E-state index contributed by atoms with van der Waals surface area (Å²) >= 11 is 7.58. The molecule has 3 rings (SSSR count). The largest absolute Gasteiger partial charge is 0.454 e. The molecule has 0 aromatic heterocycles. The lowest BCUT2D eigenvalue weighted by Gasteiger charge is -2.19. The van der Waals surface area contributed by atoms with Gasteiger partial charge in [-0.15, -0.1) is 47.0 Å². The zero-order valence-electron chi connectivity index (χ0n) is 22.6. The Balaban J connectivity index is 1.40. The fraction of sp³-hybridized carbons (Fsp3) is 0.571. The van der Waals surface area contributed by atoms with Gasteiger partial charge < -0.3 is 28.4 Å². The SMILES string of the molecule is C=CC(=O)OC(COCc1cccc(COCC(COCC2CSCS2)OC(=O)C=C)c1)COCC1CSCS1. The predicted molar refractivity (Wildman–Crippen MR) is 165 cm³/mol. The minimum absolute atomic E-state index is 0.210. The van der Waals surface area contributed by atoms with Crippen LogP contribution in [0, 0.1) is 0 Å². The third-order valence-electron chi connectivity index (χ3n) is 5.63.